The summed E-state index contributed by atoms with van der Waals surface area (Å²) < 4.78 is 0. The summed E-state index contributed by atoms with van der Waals surface area (Å²) in [7, 11) is 0. The van der Waals surface area contributed by atoms with Crippen molar-refractivity contribution in [3.63, 3.8) is 0 Å². The van der Waals surface area contributed by atoms with E-state index in [2.05, 4.69) is 10.6 Å². The van der Waals surface area contributed by atoms with Gasteiger partial charge in [-0.2, -0.15) is 0 Å². The van der Waals surface area contributed by atoms with Crippen LogP contribution in [0.4, 0.5) is 4.79 Å². The molecule has 0 radical (unpaired) electrons. The third kappa shape index (κ3) is 4.48. The van der Waals surface area contributed by atoms with Crippen LogP contribution in [0.1, 0.15) is 40.0 Å². The lowest BCUT2D eigenvalue weighted by molar-refractivity contribution is -0.130. The topological polar surface area (TPSA) is 105 Å². The molecule has 1 saturated heterocycles. The summed E-state index contributed by atoms with van der Waals surface area (Å²) in [6.07, 6.45) is 1.47. The molecule has 1 fully saturated rings. The van der Waals surface area contributed by atoms with Crippen LogP contribution in [0, 0.1) is 0 Å². The number of nitrogens with zero attached hydrogens (tertiary/aromatic N) is 1. The smallest absolute Gasteiger partial charge is 0.325 e. The number of carbonyl (C=O) groups is 3. The van der Waals surface area contributed by atoms with Crippen molar-refractivity contribution in [2.45, 2.75) is 51.6 Å². The van der Waals surface area contributed by atoms with Crippen molar-refractivity contribution in [3.8, 4) is 0 Å². The van der Waals surface area contributed by atoms with Crippen LogP contribution in [-0.2, 0) is 9.59 Å². The maximum Gasteiger partial charge on any atom is 0.325 e. The highest BCUT2D eigenvalue weighted by Gasteiger charge is 2.43. The molecule has 1 unspecified atom stereocenters. The first kappa shape index (κ1) is 16.4. The number of nitrogens with one attached hydrogen (secondary N) is 2. The van der Waals surface area contributed by atoms with E-state index in [-0.39, 0.29) is 30.8 Å². The van der Waals surface area contributed by atoms with Gasteiger partial charge in [0, 0.05) is 25.6 Å². The lowest BCUT2D eigenvalue weighted by atomic mass is 10.1. The zero-order valence-electron chi connectivity index (χ0n) is 12.4. The van der Waals surface area contributed by atoms with Gasteiger partial charge in [-0.3, -0.25) is 14.5 Å². The van der Waals surface area contributed by atoms with E-state index in [1.165, 1.54) is 0 Å². The summed E-state index contributed by atoms with van der Waals surface area (Å²) in [6, 6.07) is -0.333. The summed E-state index contributed by atoms with van der Waals surface area (Å²) in [6.45, 7) is 6.01. The summed E-state index contributed by atoms with van der Waals surface area (Å²) in [5.41, 5.74) is 4.73. The highest BCUT2D eigenvalue weighted by molar-refractivity contribution is 6.06. The van der Waals surface area contributed by atoms with Gasteiger partial charge in [0.25, 0.3) is 5.91 Å². The van der Waals surface area contributed by atoms with E-state index in [1.807, 2.05) is 6.92 Å². The number of nitrogens with two attached hydrogens (primary N) is 1. The van der Waals surface area contributed by atoms with Crippen molar-refractivity contribution >= 4 is 17.8 Å². The van der Waals surface area contributed by atoms with Gasteiger partial charge in [0.2, 0.25) is 5.91 Å². The predicted octanol–water partition coefficient (Wildman–Crippen LogP) is -0.0495. The van der Waals surface area contributed by atoms with Crippen molar-refractivity contribution in [2.24, 2.45) is 5.73 Å². The molecular formula is C13H24N4O3. The number of carbonyl (C=O) groups excluding carboxylic acids is 3. The zero-order chi connectivity index (χ0) is 15.3. The van der Waals surface area contributed by atoms with Gasteiger partial charge in [-0.05, 0) is 33.6 Å². The van der Waals surface area contributed by atoms with E-state index >= 15 is 0 Å². The molecule has 0 bridgehead atoms. The van der Waals surface area contributed by atoms with Gasteiger partial charge in [-0.15, -0.1) is 0 Å². The number of amides is 4. The Labute approximate surface area is 119 Å². The van der Waals surface area contributed by atoms with Crippen LogP contribution in [0.2, 0.25) is 0 Å². The second-order valence-electron chi connectivity index (χ2n) is 5.73. The average molecular weight is 284 g/mol. The first-order valence-electron chi connectivity index (χ1n) is 6.90. The Morgan fingerprint density at radius 3 is 2.60 bits per heavy atom. The number of urea groups is 1. The molecule has 0 aromatic heterocycles. The van der Waals surface area contributed by atoms with Crippen LogP contribution in [-0.4, -0.2) is 47.4 Å². The Morgan fingerprint density at radius 2 is 2.10 bits per heavy atom. The Hall–Kier alpha value is -1.63. The number of hydrogen-bond donors (Lipinski definition) is 3. The van der Waals surface area contributed by atoms with Gasteiger partial charge >= 0.3 is 6.03 Å². The summed E-state index contributed by atoms with van der Waals surface area (Å²) in [4.78, 5) is 36.2. The van der Waals surface area contributed by atoms with Gasteiger partial charge in [0.15, 0.2) is 0 Å². The third-order valence-corrected chi connectivity index (χ3v) is 3.15. The Kier molecular flexibility index (Phi) is 5.50. The zero-order valence-corrected chi connectivity index (χ0v) is 12.4. The minimum Gasteiger partial charge on any atom is -0.356 e. The van der Waals surface area contributed by atoms with Crippen molar-refractivity contribution in [2.75, 3.05) is 13.1 Å². The van der Waals surface area contributed by atoms with Crippen LogP contribution < -0.4 is 16.4 Å². The molecule has 1 aliphatic heterocycles. The van der Waals surface area contributed by atoms with E-state index in [0.717, 1.165) is 11.3 Å². The molecule has 1 atom stereocenters. The molecule has 0 spiro atoms. The summed E-state index contributed by atoms with van der Waals surface area (Å²) in [5, 5.41) is 5.36. The van der Waals surface area contributed by atoms with E-state index in [4.69, 9.17) is 5.73 Å². The molecule has 7 heteroatoms. The van der Waals surface area contributed by atoms with Crippen molar-refractivity contribution in [1.82, 2.24) is 15.5 Å². The monoisotopic (exact) mass is 284 g/mol. The first-order chi connectivity index (χ1) is 9.24. The van der Waals surface area contributed by atoms with Gasteiger partial charge in [-0.1, -0.05) is 0 Å². The maximum atomic E-state index is 11.9. The molecule has 0 aromatic carbocycles. The van der Waals surface area contributed by atoms with E-state index in [0.29, 0.717) is 13.0 Å². The fourth-order valence-corrected chi connectivity index (χ4v) is 1.95. The second-order valence-corrected chi connectivity index (χ2v) is 5.73. The molecule has 4 N–H and O–H groups in total. The standard InChI is InChI=1S/C13H24N4O3/c1-9(14)6-7-15-10(18)5-4-8-17-11(19)13(2,3)16-12(17)20/h9H,4-8,14H2,1-3H3,(H,15,18)(H,16,20). The van der Waals surface area contributed by atoms with Crippen LogP contribution in [0.5, 0.6) is 0 Å². The fraction of sp³-hybridized carbons (Fsp3) is 0.769. The van der Waals surface area contributed by atoms with E-state index in [9.17, 15) is 14.4 Å². The lowest BCUT2D eigenvalue weighted by Crippen LogP contribution is -2.40. The largest absolute Gasteiger partial charge is 0.356 e. The van der Waals surface area contributed by atoms with Gasteiger partial charge in [0.05, 0.1) is 0 Å². The molecule has 0 aromatic rings. The minimum absolute atomic E-state index is 0.0587. The summed E-state index contributed by atoms with van der Waals surface area (Å²) in [5.74, 6) is -0.336. The Bertz CT molecular complexity index is 393. The Morgan fingerprint density at radius 1 is 1.45 bits per heavy atom. The van der Waals surface area contributed by atoms with Crippen LogP contribution in [0.15, 0.2) is 0 Å². The molecule has 1 aliphatic rings. The third-order valence-electron chi connectivity index (χ3n) is 3.15. The quantitative estimate of drug-likeness (QED) is 0.570. The fourth-order valence-electron chi connectivity index (χ4n) is 1.95. The highest BCUT2D eigenvalue weighted by Crippen LogP contribution is 2.16. The number of imide groups is 1. The Balaban J connectivity index is 2.26. The first-order valence-corrected chi connectivity index (χ1v) is 6.90. The van der Waals surface area contributed by atoms with Crippen molar-refractivity contribution in [3.05, 3.63) is 0 Å². The SMILES string of the molecule is CC(N)CCNC(=O)CCCN1C(=O)NC(C)(C)C1=O. The molecule has 114 valence electrons. The van der Waals surface area contributed by atoms with Crippen molar-refractivity contribution in [1.29, 1.82) is 0 Å². The van der Waals surface area contributed by atoms with Gasteiger partial charge in [0.1, 0.15) is 5.54 Å². The highest BCUT2D eigenvalue weighted by atomic mass is 16.2. The number of rotatable bonds is 7. The minimum atomic E-state index is -0.851. The van der Waals surface area contributed by atoms with Gasteiger partial charge in [-0.25, -0.2) is 4.79 Å². The molecular weight excluding hydrogens is 260 g/mol. The molecule has 20 heavy (non-hydrogen) atoms. The van der Waals surface area contributed by atoms with Gasteiger partial charge < -0.3 is 16.4 Å². The molecule has 1 rings (SSSR count). The maximum absolute atomic E-state index is 11.9. The van der Waals surface area contributed by atoms with Crippen LogP contribution in [0.3, 0.4) is 0 Å². The normalized spacial score (nSPS) is 18.9. The predicted molar refractivity (Wildman–Crippen MR) is 74.8 cm³/mol. The molecule has 0 saturated carbocycles. The van der Waals surface area contributed by atoms with E-state index in [1.54, 1.807) is 13.8 Å². The molecule has 7 nitrogen and oxygen atoms in total. The summed E-state index contributed by atoms with van der Waals surface area (Å²) >= 11 is 0. The average Bonchev–Trinajstić information content (AvgIpc) is 2.50. The second kappa shape index (κ2) is 6.69. The van der Waals surface area contributed by atoms with E-state index < -0.39 is 11.6 Å². The van der Waals surface area contributed by atoms with Crippen molar-refractivity contribution < 1.29 is 14.4 Å². The molecule has 1 heterocycles. The van der Waals surface area contributed by atoms with Crippen LogP contribution >= 0.6 is 0 Å². The molecule has 4 amide bonds. The van der Waals surface area contributed by atoms with Crippen LogP contribution in [0.25, 0.3) is 0 Å². The lowest BCUT2D eigenvalue weighted by Gasteiger charge is -2.15. The number of hydrogen-bond acceptors (Lipinski definition) is 4. The molecule has 0 aliphatic carbocycles.